The van der Waals surface area contributed by atoms with Crippen LogP contribution >= 0.6 is 24.1 Å². The Labute approximate surface area is 37.1 Å². The minimum Gasteiger partial charge on any atom is -0.148 e. The van der Waals surface area contributed by atoms with Gasteiger partial charge < -0.3 is 0 Å². The Bertz CT molecular complexity index is 10.8. The van der Waals surface area contributed by atoms with Gasteiger partial charge in [0.1, 0.15) is 0 Å². The molecule has 0 atom stereocenters. The van der Waals surface area contributed by atoms with Crippen molar-refractivity contribution in [2.45, 2.75) is 0 Å². The number of halogens is 1. The summed E-state index contributed by atoms with van der Waals surface area (Å²) in [5.74, 6) is 0. The van der Waals surface area contributed by atoms with Crippen molar-refractivity contribution in [1.29, 1.82) is 0 Å². The standard InChI is InChI=1S/C2H6BrS/c1-4(2)3/h1-2H3. The first-order chi connectivity index (χ1) is 1.73. The largest absolute Gasteiger partial charge is 0.148 e. The van der Waals surface area contributed by atoms with E-state index in [2.05, 4.69) is 27.3 Å². The number of hydrogen-bond acceptors (Lipinski definition) is 0. The van der Waals surface area contributed by atoms with Gasteiger partial charge in [-0.3, -0.25) is 0 Å². The molecule has 0 rings (SSSR count). The first-order valence-electron chi connectivity index (χ1n) is 0.971. The van der Waals surface area contributed by atoms with E-state index in [0.29, 0.717) is 9.33 Å². The van der Waals surface area contributed by atoms with E-state index in [1.165, 1.54) is 0 Å². The second kappa shape index (κ2) is 2.09. The van der Waals surface area contributed by atoms with Gasteiger partial charge in [0.05, 0.1) is 0 Å². The molecule has 4 heavy (non-hydrogen) atoms. The lowest BCUT2D eigenvalue weighted by Crippen LogP contribution is -1.43. The summed E-state index contributed by atoms with van der Waals surface area (Å²) in [6.45, 7) is 0. The molecule has 0 aromatic rings. The molecule has 0 nitrogen and oxygen atoms in total. The molecule has 0 amide bonds. The average Bonchev–Trinajstić information content (AvgIpc) is 0.811. The summed E-state index contributed by atoms with van der Waals surface area (Å²) in [5, 5.41) is 0. The number of hydrogen-bond donors (Lipinski definition) is 0. The highest BCUT2D eigenvalue weighted by atomic mass is 79.9. The molecule has 1 radical (unpaired) electrons. The third kappa shape index (κ3) is 13.8. The molecule has 0 bridgehead atoms. The third-order valence-electron chi connectivity index (χ3n) is 0. The third-order valence-corrected chi connectivity index (χ3v) is 0. The van der Waals surface area contributed by atoms with E-state index in [-0.39, 0.29) is 0 Å². The van der Waals surface area contributed by atoms with Gasteiger partial charge in [0, 0.05) is 0 Å². The first-order valence-corrected chi connectivity index (χ1v) is 4.85. The van der Waals surface area contributed by atoms with Gasteiger partial charge in [0.15, 0.2) is 0 Å². The van der Waals surface area contributed by atoms with E-state index in [4.69, 9.17) is 0 Å². The molecule has 0 saturated heterocycles. The van der Waals surface area contributed by atoms with E-state index in [0.717, 1.165) is 0 Å². The van der Waals surface area contributed by atoms with Crippen LogP contribution in [0.2, 0.25) is 0 Å². The van der Waals surface area contributed by atoms with E-state index >= 15 is 0 Å². The van der Waals surface area contributed by atoms with Crippen LogP contribution in [-0.2, 0) is 0 Å². The van der Waals surface area contributed by atoms with E-state index in [1.807, 2.05) is 0 Å². The van der Waals surface area contributed by atoms with Gasteiger partial charge in [-0.05, 0) is 27.3 Å². The predicted molar refractivity (Wildman–Crippen MR) is 28.4 cm³/mol. The zero-order valence-electron chi connectivity index (χ0n) is 2.79. The minimum absolute atomic E-state index is 0.451. The summed E-state index contributed by atoms with van der Waals surface area (Å²) in [5.41, 5.74) is 0. The van der Waals surface area contributed by atoms with E-state index < -0.39 is 0 Å². The van der Waals surface area contributed by atoms with Crippen molar-refractivity contribution in [1.82, 2.24) is 0 Å². The van der Waals surface area contributed by atoms with Gasteiger partial charge in [0.25, 0.3) is 0 Å². The molecular formula is C2H6BrS. The van der Waals surface area contributed by atoms with Crippen molar-refractivity contribution in [2.24, 2.45) is 0 Å². The lowest BCUT2D eigenvalue weighted by molar-refractivity contribution is 2.36. The molecule has 0 aliphatic rings. The molecule has 0 saturated carbocycles. The highest BCUT2D eigenvalue weighted by Crippen LogP contribution is 2.21. The van der Waals surface area contributed by atoms with Gasteiger partial charge in [-0.1, -0.05) is 0 Å². The Morgan fingerprint density at radius 3 is 1.50 bits per heavy atom. The Morgan fingerprint density at radius 1 is 1.50 bits per heavy atom. The molecule has 0 unspecified atom stereocenters. The van der Waals surface area contributed by atoms with Crippen molar-refractivity contribution in [3.8, 4) is 0 Å². The first kappa shape index (κ1) is 4.83. The van der Waals surface area contributed by atoms with Crippen molar-refractivity contribution in [3.05, 3.63) is 0 Å². The van der Waals surface area contributed by atoms with Crippen molar-refractivity contribution in [3.63, 3.8) is 0 Å². The summed E-state index contributed by atoms with van der Waals surface area (Å²) in [6, 6.07) is 0. The molecule has 27 valence electrons. The van der Waals surface area contributed by atoms with Gasteiger partial charge >= 0.3 is 0 Å². The maximum absolute atomic E-state index is 3.30. The second-order valence-corrected chi connectivity index (χ2v) is 6.04. The van der Waals surface area contributed by atoms with Crippen LogP contribution in [0.25, 0.3) is 0 Å². The van der Waals surface area contributed by atoms with Crippen LogP contribution in [-0.4, -0.2) is 12.5 Å². The second-order valence-electron chi connectivity index (χ2n) is 0.717. The van der Waals surface area contributed by atoms with E-state index in [9.17, 15) is 0 Å². The molecule has 0 aromatic carbocycles. The maximum atomic E-state index is 3.30. The summed E-state index contributed by atoms with van der Waals surface area (Å²) in [6.07, 6.45) is 4.22. The van der Waals surface area contributed by atoms with Gasteiger partial charge in [-0.25, -0.2) is 0 Å². The van der Waals surface area contributed by atoms with Gasteiger partial charge in [-0.2, -0.15) is 0 Å². The molecule has 0 N–H and O–H groups in total. The monoisotopic (exact) mass is 141 g/mol. The van der Waals surface area contributed by atoms with Gasteiger partial charge in [-0.15, -0.1) is 9.33 Å². The summed E-state index contributed by atoms with van der Waals surface area (Å²) in [7, 11) is 0.451. The van der Waals surface area contributed by atoms with Crippen LogP contribution in [0.3, 0.4) is 0 Å². The molecular weight excluding hydrogens is 136 g/mol. The SMILES string of the molecule is C[S](C)Br. The lowest BCUT2D eigenvalue weighted by Gasteiger charge is -1.82. The van der Waals surface area contributed by atoms with Gasteiger partial charge in [0.2, 0.25) is 0 Å². The van der Waals surface area contributed by atoms with Crippen molar-refractivity contribution >= 4 is 24.1 Å². The minimum atomic E-state index is 0.451. The number of rotatable bonds is 0. The highest BCUT2D eigenvalue weighted by molar-refractivity contribution is 9.53. The summed E-state index contributed by atoms with van der Waals surface area (Å²) in [4.78, 5) is 0. The summed E-state index contributed by atoms with van der Waals surface area (Å²) >= 11 is 3.30. The zero-order chi connectivity index (χ0) is 3.58. The Morgan fingerprint density at radius 2 is 1.50 bits per heavy atom. The van der Waals surface area contributed by atoms with E-state index in [1.54, 1.807) is 0 Å². The Hall–Kier alpha value is 0.830. The maximum Gasteiger partial charge on any atom is -0.0174 e. The fourth-order valence-corrected chi connectivity index (χ4v) is 0. The fourth-order valence-electron chi connectivity index (χ4n) is 0. The normalized spacial score (nSPS) is 9.00. The van der Waals surface area contributed by atoms with Crippen LogP contribution in [0.15, 0.2) is 0 Å². The average molecular weight is 142 g/mol. The topological polar surface area (TPSA) is 0 Å². The lowest BCUT2D eigenvalue weighted by atomic mass is 11.9. The molecule has 0 aromatic heterocycles. The van der Waals surface area contributed by atoms with Crippen molar-refractivity contribution in [2.75, 3.05) is 12.5 Å². The Kier molecular flexibility index (Phi) is 2.52. The summed E-state index contributed by atoms with van der Waals surface area (Å²) < 4.78 is 0. The fraction of sp³-hybridized carbons (Fsp3) is 1.00. The molecule has 2 heteroatoms. The Balaban J connectivity index is 2.32. The predicted octanol–water partition coefficient (Wildman–Crippen LogP) is 1.82. The van der Waals surface area contributed by atoms with Crippen LogP contribution in [0.1, 0.15) is 0 Å². The molecule has 0 fully saturated rings. The van der Waals surface area contributed by atoms with Crippen LogP contribution in [0.5, 0.6) is 0 Å². The van der Waals surface area contributed by atoms with Crippen LogP contribution in [0.4, 0.5) is 0 Å². The molecule has 0 aliphatic heterocycles. The zero-order valence-corrected chi connectivity index (χ0v) is 5.19. The molecule has 0 heterocycles. The highest BCUT2D eigenvalue weighted by Gasteiger charge is 1.65. The quantitative estimate of drug-likeness (QED) is 0.484. The van der Waals surface area contributed by atoms with Crippen LogP contribution in [0, 0.1) is 0 Å². The molecule has 0 spiro atoms. The van der Waals surface area contributed by atoms with Crippen LogP contribution < -0.4 is 0 Å². The smallest absolute Gasteiger partial charge is 0.0174 e. The van der Waals surface area contributed by atoms with Crippen molar-refractivity contribution < 1.29 is 0 Å². The molecule has 0 aliphatic carbocycles.